The van der Waals surface area contributed by atoms with E-state index in [1.54, 1.807) is 11.8 Å². The Morgan fingerprint density at radius 1 is 1.00 bits per heavy atom. The van der Waals surface area contributed by atoms with Gasteiger partial charge in [0.05, 0.1) is 5.02 Å². The lowest BCUT2D eigenvalue weighted by atomic mass is 10.0. The highest BCUT2D eigenvalue weighted by Crippen LogP contribution is 2.27. The Balaban J connectivity index is 1.59. The van der Waals surface area contributed by atoms with Crippen molar-refractivity contribution in [2.24, 2.45) is 0 Å². The number of thioether (sulfide) groups is 1. The summed E-state index contributed by atoms with van der Waals surface area (Å²) in [6.45, 7) is 0. The van der Waals surface area contributed by atoms with Crippen molar-refractivity contribution >= 4 is 34.8 Å². The molecule has 2 aromatic rings. The van der Waals surface area contributed by atoms with Crippen LogP contribution in [0.4, 0.5) is 5.69 Å². The van der Waals surface area contributed by atoms with Crippen LogP contribution >= 0.6 is 23.4 Å². The van der Waals surface area contributed by atoms with Gasteiger partial charge < -0.3 is 5.73 Å². The standard InChI is InChI=1S/C19H22ClNOS/c20-17-10-4-6-12-19(17)23-13-7-1-2-9-16(22)14-15-8-3-5-11-18(15)21/h3-6,8,10-12H,1-2,7,9,13-14,21H2. The van der Waals surface area contributed by atoms with Gasteiger partial charge in [-0.1, -0.05) is 48.4 Å². The molecule has 0 heterocycles. The van der Waals surface area contributed by atoms with Crippen LogP contribution < -0.4 is 5.73 Å². The average molecular weight is 348 g/mol. The van der Waals surface area contributed by atoms with Gasteiger partial charge in [-0.3, -0.25) is 4.79 Å². The van der Waals surface area contributed by atoms with E-state index in [1.165, 1.54) is 0 Å². The molecule has 0 saturated carbocycles. The number of rotatable bonds is 9. The number of halogens is 1. The fraction of sp³-hybridized carbons (Fsp3) is 0.316. The molecule has 0 fully saturated rings. The lowest BCUT2D eigenvalue weighted by Gasteiger charge is -2.05. The van der Waals surface area contributed by atoms with Crippen molar-refractivity contribution in [3.63, 3.8) is 0 Å². The molecule has 23 heavy (non-hydrogen) atoms. The second-order valence-corrected chi connectivity index (χ2v) is 7.05. The Labute approximate surface area is 147 Å². The lowest BCUT2D eigenvalue weighted by Crippen LogP contribution is -2.05. The second kappa shape index (κ2) is 9.64. The zero-order chi connectivity index (χ0) is 16.5. The van der Waals surface area contributed by atoms with E-state index in [-0.39, 0.29) is 5.78 Å². The third kappa shape index (κ3) is 6.28. The van der Waals surface area contributed by atoms with Crippen LogP contribution in [0.25, 0.3) is 0 Å². The molecule has 4 heteroatoms. The Bertz CT molecular complexity index is 645. The van der Waals surface area contributed by atoms with E-state index >= 15 is 0 Å². The summed E-state index contributed by atoms with van der Waals surface area (Å²) < 4.78 is 0. The molecule has 0 aromatic heterocycles. The maximum atomic E-state index is 12.0. The molecule has 0 bridgehead atoms. The number of para-hydroxylation sites is 1. The van der Waals surface area contributed by atoms with E-state index in [0.717, 1.165) is 40.5 Å². The van der Waals surface area contributed by atoms with Gasteiger partial charge in [0.15, 0.2) is 0 Å². The molecule has 0 aliphatic rings. The molecular formula is C19H22ClNOS. The lowest BCUT2D eigenvalue weighted by molar-refractivity contribution is -0.118. The van der Waals surface area contributed by atoms with Crippen LogP contribution in [0.3, 0.4) is 0 Å². The first kappa shape index (κ1) is 17.9. The average Bonchev–Trinajstić information content (AvgIpc) is 2.54. The van der Waals surface area contributed by atoms with Crippen LogP contribution in [0.15, 0.2) is 53.4 Å². The van der Waals surface area contributed by atoms with Crippen LogP contribution in [0.5, 0.6) is 0 Å². The first-order valence-corrected chi connectivity index (χ1v) is 9.25. The number of hydrogen-bond acceptors (Lipinski definition) is 3. The minimum Gasteiger partial charge on any atom is -0.398 e. The van der Waals surface area contributed by atoms with Crippen molar-refractivity contribution in [3.8, 4) is 0 Å². The molecule has 0 aliphatic heterocycles. The summed E-state index contributed by atoms with van der Waals surface area (Å²) >= 11 is 7.90. The van der Waals surface area contributed by atoms with E-state index < -0.39 is 0 Å². The van der Waals surface area contributed by atoms with Gasteiger partial charge in [0.2, 0.25) is 0 Å². The minimum absolute atomic E-state index is 0.265. The molecule has 2 rings (SSSR count). The van der Waals surface area contributed by atoms with Crippen LogP contribution in [0.2, 0.25) is 5.02 Å². The number of hydrogen-bond donors (Lipinski definition) is 1. The maximum absolute atomic E-state index is 12.0. The molecule has 0 radical (unpaired) electrons. The van der Waals surface area contributed by atoms with Crippen molar-refractivity contribution in [2.75, 3.05) is 11.5 Å². The number of benzene rings is 2. The fourth-order valence-electron chi connectivity index (χ4n) is 2.34. The van der Waals surface area contributed by atoms with Crippen molar-refractivity contribution in [2.45, 2.75) is 37.0 Å². The number of carbonyl (C=O) groups excluding carboxylic acids is 1. The highest BCUT2D eigenvalue weighted by atomic mass is 35.5. The van der Waals surface area contributed by atoms with Crippen LogP contribution in [0.1, 0.15) is 31.2 Å². The van der Waals surface area contributed by atoms with Gasteiger partial charge in [0.1, 0.15) is 5.78 Å². The Hall–Kier alpha value is -1.45. The quantitative estimate of drug-likeness (QED) is 0.376. The number of nitrogen functional groups attached to an aromatic ring is 1. The van der Waals surface area contributed by atoms with Gasteiger partial charge in [-0.15, -0.1) is 11.8 Å². The summed E-state index contributed by atoms with van der Waals surface area (Å²) in [6, 6.07) is 15.5. The van der Waals surface area contributed by atoms with Crippen molar-refractivity contribution in [3.05, 3.63) is 59.1 Å². The molecule has 2 nitrogen and oxygen atoms in total. The molecule has 0 spiro atoms. The normalized spacial score (nSPS) is 10.7. The van der Waals surface area contributed by atoms with E-state index in [9.17, 15) is 4.79 Å². The monoisotopic (exact) mass is 347 g/mol. The number of unbranched alkanes of at least 4 members (excludes halogenated alkanes) is 2. The molecule has 0 saturated heterocycles. The molecular weight excluding hydrogens is 326 g/mol. The Morgan fingerprint density at radius 3 is 2.52 bits per heavy atom. The summed E-state index contributed by atoms with van der Waals surface area (Å²) in [5.41, 5.74) is 7.51. The van der Waals surface area contributed by atoms with Crippen LogP contribution in [0, 0.1) is 0 Å². The highest BCUT2D eigenvalue weighted by molar-refractivity contribution is 7.99. The van der Waals surface area contributed by atoms with Gasteiger partial charge in [0.25, 0.3) is 0 Å². The highest BCUT2D eigenvalue weighted by Gasteiger charge is 2.06. The maximum Gasteiger partial charge on any atom is 0.137 e. The molecule has 2 N–H and O–H groups in total. The zero-order valence-corrected chi connectivity index (χ0v) is 14.7. The van der Waals surface area contributed by atoms with E-state index in [4.69, 9.17) is 17.3 Å². The molecule has 0 amide bonds. The predicted octanol–water partition coefficient (Wildman–Crippen LogP) is 5.39. The first-order chi connectivity index (χ1) is 11.2. The number of nitrogens with two attached hydrogens (primary N) is 1. The largest absolute Gasteiger partial charge is 0.398 e. The van der Waals surface area contributed by atoms with E-state index in [1.807, 2.05) is 48.5 Å². The van der Waals surface area contributed by atoms with Gasteiger partial charge in [0, 0.05) is 23.4 Å². The fourth-order valence-corrected chi connectivity index (χ4v) is 3.59. The summed E-state index contributed by atoms with van der Waals surface area (Å²) in [6.07, 6.45) is 4.17. The van der Waals surface area contributed by atoms with Gasteiger partial charge >= 0.3 is 0 Å². The predicted molar refractivity (Wildman–Crippen MR) is 100 cm³/mol. The van der Waals surface area contributed by atoms with Crippen LogP contribution in [-0.2, 0) is 11.2 Å². The van der Waals surface area contributed by atoms with Gasteiger partial charge in [-0.2, -0.15) is 0 Å². The third-order valence-electron chi connectivity index (χ3n) is 3.64. The van der Waals surface area contributed by atoms with Crippen molar-refractivity contribution in [1.29, 1.82) is 0 Å². The molecule has 0 unspecified atom stereocenters. The van der Waals surface area contributed by atoms with Crippen LogP contribution in [-0.4, -0.2) is 11.5 Å². The van der Waals surface area contributed by atoms with E-state index in [0.29, 0.717) is 18.5 Å². The summed E-state index contributed by atoms with van der Waals surface area (Å²) in [5.74, 6) is 1.30. The third-order valence-corrected chi connectivity index (χ3v) is 5.24. The number of ketones is 1. The summed E-state index contributed by atoms with van der Waals surface area (Å²) in [5, 5.41) is 0.813. The van der Waals surface area contributed by atoms with Crippen molar-refractivity contribution < 1.29 is 4.79 Å². The zero-order valence-electron chi connectivity index (χ0n) is 13.1. The summed E-state index contributed by atoms with van der Waals surface area (Å²) in [7, 11) is 0. The first-order valence-electron chi connectivity index (χ1n) is 7.89. The summed E-state index contributed by atoms with van der Waals surface area (Å²) in [4.78, 5) is 13.1. The molecule has 0 atom stereocenters. The van der Waals surface area contributed by atoms with E-state index in [2.05, 4.69) is 0 Å². The Kier molecular flexibility index (Phi) is 7.50. The Morgan fingerprint density at radius 2 is 1.74 bits per heavy atom. The molecule has 0 aliphatic carbocycles. The number of carbonyl (C=O) groups is 1. The minimum atomic E-state index is 0.265. The molecule has 2 aromatic carbocycles. The smallest absolute Gasteiger partial charge is 0.137 e. The number of Topliss-reactive ketones (excluding diaryl/α,β-unsaturated/α-hetero) is 1. The number of anilines is 1. The van der Waals surface area contributed by atoms with Crippen molar-refractivity contribution in [1.82, 2.24) is 0 Å². The topological polar surface area (TPSA) is 43.1 Å². The second-order valence-electron chi connectivity index (χ2n) is 5.50. The van der Waals surface area contributed by atoms with Gasteiger partial charge in [-0.25, -0.2) is 0 Å². The molecule has 122 valence electrons. The SMILES string of the molecule is Nc1ccccc1CC(=O)CCCCCSc1ccccc1Cl. The van der Waals surface area contributed by atoms with Gasteiger partial charge in [-0.05, 0) is 42.4 Å².